The Bertz CT molecular complexity index is 292. The molecule has 0 aromatic carbocycles. The third-order valence-corrected chi connectivity index (χ3v) is 4.36. The van der Waals surface area contributed by atoms with Gasteiger partial charge >= 0.3 is 0 Å². The highest BCUT2D eigenvalue weighted by atomic mass is 32.2. The van der Waals surface area contributed by atoms with Gasteiger partial charge < -0.3 is 10.2 Å². The van der Waals surface area contributed by atoms with Crippen molar-refractivity contribution in [3.8, 4) is 0 Å². The van der Waals surface area contributed by atoms with Gasteiger partial charge in [-0.05, 0) is 33.0 Å². The predicted molar refractivity (Wildman–Crippen MR) is 66.0 cm³/mol. The third-order valence-electron chi connectivity index (χ3n) is 3.01. The Kier molecular flexibility index (Phi) is 5.68. The molecule has 1 unspecified atom stereocenters. The van der Waals surface area contributed by atoms with Crippen molar-refractivity contribution in [1.82, 2.24) is 14.9 Å². The standard InChI is InChI=1S/C10H23N3O2S/c1-3-11-6-8-16(14,15)12-9-10-5-4-7-13(10)2/h10-12H,3-9H2,1-2H3. The molecule has 6 heteroatoms. The molecule has 1 fully saturated rings. The van der Waals surface area contributed by atoms with Crippen LogP contribution in [0.5, 0.6) is 0 Å². The quantitative estimate of drug-likeness (QED) is 0.603. The van der Waals surface area contributed by atoms with Gasteiger partial charge in [-0.25, -0.2) is 13.1 Å². The van der Waals surface area contributed by atoms with Gasteiger partial charge in [-0.15, -0.1) is 0 Å². The van der Waals surface area contributed by atoms with E-state index in [1.807, 2.05) is 14.0 Å². The van der Waals surface area contributed by atoms with Crippen LogP contribution in [0.4, 0.5) is 0 Å². The second kappa shape index (κ2) is 6.54. The number of likely N-dealkylation sites (tertiary alicyclic amines) is 1. The smallest absolute Gasteiger partial charge is 0.212 e. The zero-order valence-corrected chi connectivity index (χ0v) is 11.0. The Morgan fingerprint density at radius 1 is 1.44 bits per heavy atom. The van der Waals surface area contributed by atoms with Crippen LogP contribution < -0.4 is 10.0 Å². The molecular weight excluding hydrogens is 226 g/mol. The molecule has 1 rings (SSSR count). The lowest BCUT2D eigenvalue weighted by atomic mass is 10.2. The maximum absolute atomic E-state index is 11.6. The van der Waals surface area contributed by atoms with Crippen molar-refractivity contribution >= 4 is 10.0 Å². The predicted octanol–water partition coefficient (Wildman–Crippen LogP) is -0.390. The number of rotatable bonds is 7. The normalized spacial score (nSPS) is 22.8. The van der Waals surface area contributed by atoms with Crippen LogP contribution in [0.1, 0.15) is 19.8 Å². The van der Waals surface area contributed by atoms with Crippen molar-refractivity contribution in [2.75, 3.05) is 39.0 Å². The second-order valence-electron chi connectivity index (χ2n) is 4.30. The first-order valence-corrected chi connectivity index (χ1v) is 7.58. The van der Waals surface area contributed by atoms with E-state index in [1.54, 1.807) is 0 Å². The SMILES string of the molecule is CCNCCS(=O)(=O)NCC1CCCN1C. The summed E-state index contributed by atoms with van der Waals surface area (Å²) >= 11 is 0. The molecule has 1 atom stereocenters. The average Bonchev–Trinajstić information content (AvgIpc) is 2.62. The van der Waals surface area contributed by atoms with E-state index in [2.05, 4.69) is 14.9 Å². The summed E-state index contributed by atoms with van der Waals surface area (Å²) in [5.41, 5.74) is 0. The second-order valence-corrected chi connectivity index (χ2v) is 6.22. The number of likely N-dealkylation sites (N-methyl/N-ethyl adjacent to an activating group) is 1. The fourth-order valence-corrected chi connectivity index (χ4v) is 2.92. The van der Waals surface area contributed by atoms with E-state index < -0.39 is 10.0 Å². The molecule has 1 heterocycles. The van der Waals surface area contributed by atoms with Gasteiger partial charge in [-0.3, -0.25) is 0 Å². The highest BCUT2D eigenvalue weighted by Gasteiger charge is 2.22. The minimum absolute atomic E-state index is 0.164. The molecule has 0 aromatic heterocycles. The van der Waals surface area contributed by atoms with Gasteiger partial charge in [0.05, 0.1) is 5.75 Å². The van der Waals surface area contributed by atoms with E-state index in [1.165, 1.54) is 6.42 Å². The van der Waals surface area contributed by atoms with Crippen molar-refractivity contribution in [3.63, 3.8) is 0 Å². The van der Waals surface area contributed by atoms with Gasteiger partial charge in [0.2, 0.25) is 10.0 Å². The van der Waals surface area contributed by atoms with Crippen LogP contribution in [-0.2, 0) is 10.0 Å². The lowest BCUT2D eigenvalue weighted by Crippen LogP contribution is -2.40. The minimum atomic E-state index is -3.10. The summed E-state index contributed by atoms with van der Waals surface area (Å²) in [6, 6.07) is 0.369. The molecule has 2 N–H and O–H groups in total. The average molecular weight is 249 g/mol. The van der Waals surface area contributed by atoms with Crippen molar-refractivity contribution < 1.29 is 8.42 Å². The van der Waals surface area contributed by atoms with E-state index >= 15 is 0 Å². The highest BCUT2D eigenvalue weighted by molar-refractivity contribution is 7.89. The number of nitrogens with zero attached hydrogens (tertiary/aromatic N) is 1. The Labute approximate surface area is 98.6 Å². The van der Waals surface area contributed by atoms with Gasteiger partial charge in [-0.1, -0.05) is 6.92 Å². The number of nitrogens with one attached hydrogen (secondary N) is 2. The van der Waals surface area contributed by atoms with E-state index in [4.69, 9.17) is 0 Å². The zero-order chi connectivity index (χ0) is 12.0. The van der Waals surface area contributed by atoms with Crippen LogP contribution in [0.25, 0.3) is 0 Å². The fourth-order valence-electron chi connectivity index (χ4n) is 1.92. The van der Waals surface area contributed by atoms with Crippen molar-refractivity contribution in [1.29, 1.82) is 0 Å². The molecule has 0 spiro atoms. The summed E-state index contributed by atoms with van der Waals surface area (Å²) in [6.07, 6.45) is 2.26. The van der Waals surface area contributed by atoms with E-state index in [9.17, 15) is 8.42 Å². The topological polar surface area (TPSA) is 61.4 Å². The molecular formula is C10H23N3O2S. The van der Waals surface area contributed by atoms with Gasteiger partial charge in [0.25, 0.3) is 0 Å². The molecule has 0 amide bonds. The van der Waals surface area contributed by atoms with Crippen LogP contribution in [0.3, 0.4) is 0 Å². The Morgan fingerprint density at radius 2 is 2.19 bits per heavy atom. The van der Waals surface area contributed by atoms with Crippen LogP contribution >= 0.6 is 0 Å². The Hall–Kier alpha value is -0.170. The molecule has 5 nitrogen and oxygen atoms in total. The lowest BCUT2D eigenvalue weighted by Gasteiger charge is -2.19. The Morgan fingerprint density at radius 3 is 2.75 bits per heavy atom. The molecule has 1 saturated heterocycles. The molecule has 1 aliphatic rings. The number of hydrogen-bond donors (Lipinski definition) is 2. The summed E-state index contributed by atoms with van der Waals surface area (Å²) in [5.74, 6) is 0.164. The van der Waals surface area contributed by atoms with Crippen LogP contribution in [-0.4, -0.2) is 58.3 Å². The van der Waals surface area contributed by atoms with E-state index in [0.29, 0.717) is 19.1 Å². The van der Waals surface area contributed by atoms with Crippen molar-refractivity contribution in [2.24, 2.45) is 0 Å². The third kappa shape index (κ3) is 4.78. The molecule has 96 valence electrons. The first-order valence-electron chi connectivity index (χ1n) is 5.93. The number of hydrogen-bond acceptors (Lipinski definition) is 4. The fraction of sp³-hybridized carbons (Fsp3) is 1.00. The van der Waals surface area contributed by atoms with E-state index in [0.717, 1.165) is 19.5 Å². The molecule has 0 aliphatic carbocycles. The lowest BCUT2D eigenvalue weighted by molar-refractivity contribution is 0.311. The highest BCUT2D eigenvalue weighted by Crippen LogP contribution is 2.13. The molecule has 0 bridgehead atoms. The van der Waals surface area contributed by atoms with Gasteiger partial charge in [0.15, 0.2) is 0 Å². The van der Waals surface area contributed by atoms with E-state index in [-0.39, 0.29) is 5.75 Å². The summed E-state index contributed by atoms with van der Waals surface area (Å²) in [7, 11) is -1.06. The maximum Gasteiger partial charge on any atom is 0.212 e. The summed E-state index contributed by atoms with van der Waals surface area (Å²) in [6.45, 7) is 4.91. The van der Waals surface area contributed by atoms with Gasteiger partial charge in [-0.2, -0.15) is 0 Å². The monoisotopic (exact) mass is 249 g/mol. The van der Waals surface area contributed by atoms with Gasteiger partial charge in [0, 0.05) is 19.1 Å². The van der Waals surface area contributed by atoms with Crippen molar-refractivity contribution in [2.45, 2.75) is 25.8 Å². The number of sulfonamides is 1. The van der Waals surface area contributed by atoms with Crippen LogP contribution in [0.15, 0.2) is 0 Å². The molecule has 0 saturated carbocycles. The first-order chi connectivity index (χ1) is 7.55. The minimum Gasteiger partial charge on any atom is -0.316 e. The molecule has 16 heavy (non-hydrogen) atoms. The molecule has 0 aromatic rings. The first kappa shape index (κ1) is 13.9. The molecule has 0 radical (unpaired) electrons. The summed E-state index contributed by atoms with van der Waals surface area (Å²) in [4.78, 5) is 2.22. The summed E-state index contributed by atoms with van der Waals surface area (Å²) < 4.78 is 25.9. The van der Waals surface area contributed by atoms with Crippen molar-refractivity contribution in [3.05, 3.63) is 0 Å². The molecule has 1 aliphatic heterocycles. The summed E-state index contributed by atoms with van der Waals surface area (Å²) in [5, 5.41) is 3.01. The largest absolute Gasteiger partial charge is 0.316 e. The maximum atomic E-state index is 11.6. The van der Waals surface area contributed by atoms with Crippen LogP contribution in [0.2, 0.25) is 0 Å². The zero-order valence-electron chi connectivity index (χ0n) is 10.2. The van der Waals surface area contributed by atoms with Gasteiger partial charge in [0.1, 0.15) is 0 Å². The Balaban J connectivity index is 2.24. The van der Waals surface area contributed by atoms with Crippen LogP contribution in [0, 0.1) is 0 Å².